The maximum Gasteiger partial charge on any atom is 0.155 e. The lowest BCUT2D eigenvalue weighted by Gasteiger charge is -2.39. The van der Waals surface area contributed by atoms with Gasteiger partial charge < -0.3 is 15.8 Å². The van der Waals surface area contributed by atoms with Crippen LogP contribution in [0.5, 0.6) is 0 Å². The van der Waals surface area contributed by atoms with Crippen molar-refractivity contribution in [2.24, 2.45) is 10.9 Å². The van der Waals surface area contributed by atoms with E-state index in [1.165, 1.54) is 45.1 Å². The molecule has 0 unspecified atom stereocenters. The van der Waals surface area contributed by atoms with Crippen molar-refractivity contribution in [2.45, 2.75) is 63.0 Å². The summed E-state index contributed by atoms with van der Waals surface area (Å²) in [5.74, 6) is 0.393. The van der Waals surface area contributed by atoms with Crippen LogP contribution in [0.1, 0.15) is 58.3 Å². The highest BCUT2D eigenvalue weighted by molar-refractivity contribution is 8.00. The molecule has 0 bridgehead atoms. The average molecular weight is 302 g/mol. The Morgan fingerprint density at radius 3 is 2.35 bits per heavy atom. The van der Waals surface area contributed by atoms with E-state index in [1.807, 2.05) is 0 Å². The van der Waals surface area contributed by atoms with E-state index in [2.05, 4.69) is 23.2 Å². The number of nitrogens with zero attached hydrogens (tertiary/aromatic N) is 2. The van der Waals surface area contributed by atoms with Gasteiger partial charge >= 0.3 is 0 Å². The standard InChI is InChI=1S/C15H31N3OS/c1-3-4-5-6-7-8-11-18-12-9-15(20-2,10-13-18)14(16)17-19/h19H,3-13H2,1-2H3,(H2,16,17). The third-order valence-corrected chi connectivity index (χ3v) is 5.86. The van der Waals surface area contributed by atoms with Crippen LogP contribution in [0.25, 0.3) is 0 Å². The molecule has 0 atom stereocenters. The van der Waals surface area contributed by atoms with Gasteiger partial charge in [-0.05, 0) is 45.2 Å². The lowest BCUT2D eigenvalue weighted by molar-refractivity contribution is 0.212. The van der Waals surface area contributed by atoms with Gasteiger partial charge in [0.05, 0.1) is 4.75 Å². The smallest absolute Gasteiger partial charge is 0.155 e. The molecular formula is C15H31N3OS. The minimum Gasteiger partial charge on any atom is -0.409 e. The summed E-state index contributed by atoms with van der Waals surface area (Å²) in [6.45, 7) is 5.58. The van der Waals surface area contributed by atoms with Crippen LogP contribution < -0.4 is 5.73 Å². The molecule has 0 aliphatic carbocycles. The Morgan fingerprint density at radius 2 is 1.80 bits per heavy atom. The Balaban J connectivity index is 2.21. The predicted octanol–water partition coefficient (Wildman–Crippen LogP) is 3.29. The van der Waals surface area contributed by atoms with Gasteiger partial charge in [-0.1, -0.05) is 44.2 Å². The molecule has 1 aliphatic rings. The van der Waals surface area contributed by atoms with Crippen LogP contribution in [0.2, 0.25) is 0 Å². The molecule has 20 heavy (non-hydrogen) atoms. The van der Waals surface area contributed by atoms with Crippen molar-refractivity contribution in [3.63, 3.8) is 0 Å². The largest absolute Gasteiger partial charge is 0.409 e. The van der Waals surface area contributed by atoms with Crippen LogP contribution in [0.4, 0.5) is 0 Å². The average Bonchev–Trinajstić information content (AvgIpc) is 2.50. The fourth-order valence-corrected chi connectivity index (χ4v) is 3.75. The summed E-state index contributed by atoms with van der Waals surface area (Å²) in [7, 11) is 0. The molecule has 3 N–H and O–H groups in total. The highest BCUT2D eigenvalue weighted by Crippen LogP contribution is 2.34. The van der Waals surface area contributed by atoms with Crippen molar-refractivity contribution in [1.82, 2.24) is 4.90 Å². The first-order chi connectivity index (χ1) is 9.68. The van der Waals surface area contributed by atoms with Crippen molar-refractivity contribution in [2.75, 3.05) is 25.9 Å². The maximum absolute atomic E-state index is 8.93. The number of oxime groups is 1. The molecule has 1 aliphatic heterocycles. The number of hydrogen-bond acceptors (Lipinski definition) is 4. The van der Waals surface area contributed by atoms with Crippen LogP contribution in [0, 0.1) is 0 Å². The minimum absolute atomic E-state index is 0.146. The summed E-state index contributed by atoms with van der Waals surface area (Å²) in [5, 5.41) is 12.2. The molecule has 1 rings (SSSR count). The second-order valence-corrected chi connectivity index (χ2v) is 6.98. The van der Waals surface area contributed by atoms with Crippen LogP contribution in [-0.4, -0.2) is 46.6 Å². The zero-order chi connectivity index (χ0) is 14.8. The number of amidine groups is 1. The first kappa shape index (κ1) is 17.6. The third-order valence-electron chi connectivity index (χ3n) is 4.46. The Hall–Kier alpha value is -0.420. The molecule has 0 saturated carbocycles. The lowest BCUT2D eigenvalue weighted by atomic mass is 9.94. The Kier molecular flexibility index (Phi) is 8.38. The normalized spacial score (nSPS) is 20.2. The van der Waals surface area contributed by atoms with Crippen LogP contribution >= 0.6 is 11.8 Å². The fraction of sp³-hybridized carbons (Fsp3) is 0.933. The third kappa shape index (κ3) is 5.17. The second kappa shape index (κ2) is 9.50. The van der Waals surface area contributed by atoms with E-state index in [1.54, 1.807) is 11.8 Å². The minimum atomic E-state index is -0.146. The van der Waals surface area contributed by atoms with Crippen molar-refractivity contribution in [3.05, 3.63) is 0 Å². The summed E-state index contributed by atoms with van der Waals surface area (Å²) in [4.78, 5) is 2.53. The Bertz CT molecular complexity index is 289. The van der Waals surface area contributed by atoms with Gasteiger partial charge in [0.1, 0.15) is 0 Å². The van der Waals surface area contributed by atoms with E-state index in [9.17, 15) is 0 Å². The van der Waals surface area contributed by atoms with Crippen molar-refractivity contribution < 1.29 is 5.21 Å². The van der Waals surface area contributed by atoms with Gasteiger partial charge in [0, 0.05) is 0 Å². The lowest BCUT2D eigenvalue weighted by Crippen LogP contribution is -2.50. The van der Waals surface area contributed by atoms with Crippen LogP contribution in [0.15, 0.2) is 5.16 Å². The van der Waals surface area contributed by atoms with E-state index >= 15 is 0 Å². The SMILES string of the molecule is CCCCCCCCN1CCC(SC)(C(N)=NO)CC1. The number of nitrogens with two attached hydrogens (primary N) is 1. The first-order valence-corrected chi connectivity index (χ1v) is 9.16. The van der Waals surface area contributed by atoms with Gasteiger partial charge in [0.2, 0.25) is 0 Å². The quantitative estimate of drug-likeness (QED) is 0.225. The molecule has 0 aromatic rings. The molecule has 5 heteroatoms. The summed E-state index contributed by atoms with van der Waals surface area (Å²) in [6.07, 6.45) is 12.1. The Morgan fingerprint density at radius 1 is 1.20 bits per heavy atom. The molecule has 118 valence electrons. The van der Waals surface area contributed by atoms with Crippen molar-refractivity contribution in [1.29, 1.82) is 0 Å². The Labute approximate surface area is 128 Å². The van der Waals surface area contributed by atoms with Gasteiger partial charge in [-0.3, -0.25) is 0 Å². The maximum atomic E-state index is 8.93. The molecule has 0 amide bonds. The van der Waals surface area contributed by atoms with Gasteiger partial charge in [0.25, 0.3) is 0 Å². The molecule has 0 aromatic carbocycles. The van der Waals surface area contributed by atoms with E-state index in [0.29, 0.717) is 5.84 Å². The highest BCUT2D eigenvalue weighted by atomic mass is 32.2. The van der Waals surface area contributed by atoms with Gasteiger partial charge in [-0.25, -0.2) is 0 Å². The van der Waals surface area contributed by atoms with E-state index in [4.69, 9.17) is 10.9 Å². The zero-order valence-corrected chi connectivity index (χ0v) is 13.9. The first-order valence-electron chi connectivity index (χ1n) is 7.94. The molecule has 0 spiro atoms. The zero-order valence-electron chi connectivity index (χ0n) is 13.1. The molecule has 0 aromatic heterocycles. The van der Waals surface area contributed by atoms with Crippen molar-refractivity contribution in [3.8, 4) is 0 Å². The summed E-state index contributed by atoms with van der Waals surface area (Å²) in [5.41, 5.74) is 5.87. The summed E-state index contributed by atoms with van der Waals surface area (Å²) >= 11 is 1.72. The number of piperidine rings is 1. The van der Waals surface area contributed by atoms with Crippen LogP contribution in [-0.2, 0) is 0 Å². The second-order valence-electron chi connectivity index (χ2n) is 5.79. The van der Waals surface area contributed by atoms with Crippen LogP contribution in [0.3, 0.4) is 0 Å². The van der Waals surface area contributed by atoms with Gasteiger partial charge in [0.15, 0.2) is 5.84 Å². The monoisotopic (exact) mass is 301 g/mol. The predicted molar refractivity (Wildman–Crippen MR) is 88.7 cm³/mol. The summed E-state index contributed by atoms with van der Waals surface area (Å²) < 4.78 is -0.146. The van der Waals surface area contributed by atoms with Gasteiger partial charge in [-0.2, -0.15) is 11.8 Å². The van der Waals surface area contributed by atoms with Crippen molar-refractivity contribution >= 4 is 17.6 Å². The molecule has 1 heterocycles. The summed E-state index contributed by atoms with van der Waals surface area (Å²) in [6, 6.07) is 0. The molecular weight excluding hydrogens is 270 g/mol. The number of hydrogen-bond donors (Lipinski definition) is 2. The van der Waals surface area contributed by atoms with E-state index < -0.39 is 0 Å². The molecule has 1 saturated heterocycles. The van der Waals surface area contributed by atoms with E-state index in [0.717, 1.165) is 25.9 Å². The van der Waals surface area contributed by atoms with E-state index in [-0.39, 0.29) is 4.75 Å². The molecule has 1 fully saturated rings. The number of rotatable bonds is 9. The highest BCUT2D eigenvalue weighted by Gasteiger charge is 2.37. The van der Waals surface area contributed by atoms with Gasteiger partial charge in [-0.15, -0.1) is 0 Å². The molecule has 0 radical (unpaired) electrons. The number of unbranched alkanes of at least 4 members (excludes halogenated alkanes) is 5. The molecule has 4 nitrogen and oxygen atoms in total. The number of thioether (sulfide) groups is 1. The topological polar surface area (TPSA) is 61.8 Å². The fourth-order valence-electron chi connectivity index (χ4n) is 2.91. The number of likely N-dealkylation sites (tertiary alicyclic amines) is 1.